The summed E-state index contributed by atoms with van der Waals surface area (Å²) < 4.78 is 0. The Labute approximate surface area is 80.6 Å². The monoisotopic (exact) mass is 311 g/mol. The van der Waals surface area contributed by atoms with E-state index in [2.05, 4.69) is 6.42 Å². The van der Waals surface area contributed by atoms with E-state index in [1.807, 2.05) is 0 Å². The van der Waals surface area contributed by atoms with Crippen molar-refractivity contribution in [3.63, 3.8) is 0 Å². The van der Waals surface area contributed by atoms with E-state index in [1.54, 1.807) is 0 Å². The van der Waals surface area contributed by atoms with Crippen molar-refractivity contribution < 1.29 is 44.1 Å². The largest absolute Gasteiger partial charge is 0.330 e. The fourth-order valence-electron chi connectivity index (χ4n) is 0.782. The first-order valence-electron chi connectivity index (χ1n) is 2.47. The van der Waals surface area contributed by atoms with Crippen LogP contribution in [0.5, 0.6) is 0 Å². The van der Waals surface area contributed by atoms with Crippen molar-refractivity contribution in [1.29, 1.82) is 0 Å². The Morgan fingerprint density at radius 2 is 2.29 bits per heavy atom. The Hall–Kier alpha value is 1.40. The van der Waals surface area contributed by atoms with E-state index in [9.17, 15) is 0 Å². The van der Waals surface area contributed by atoms with Gasteiger partial charge in [0.25, 0.3) is 0 Å². The van der Waals surface area contributed by atoms with Gasteiger partial charge in [-0.25, -0.2) is 0 Å². The van der Waals surface area contributed by atoms with E-state index in [0.717, 1.165) is 6.42 Å². The van der Waals surface area contributed by atoms with Gasteiger partial charge >= 0.3 is 0 Å². The molecular weight excluding hydrogens is 301 g/mol. The van der Waals surface area contributed by atoms with Crippen molar-refractivity contribution in [2.24, 2.45) is 5.73 Å². The maximum Gasteiger partial charge on any atom is 0 e. The molecule has 1 aliphatic rings. The summed E-state index contributed by atoms with van der Waals surface area (Å²) in [4.78, 5) is 0. The number of rotatable bonds is 0. The molecule has 1 fully saturated rings. The number of hydrogen-bond acceptors (Lipinski definition) is 1. The molecule has 0 amide bonds. The molecular formula is C5H10AcN-. The van der Waals surface area contributed by atoms with E-state index in [0.29, 0.717) is 6.04 Å². The van der Waals surface area contributed by atoms with Crippen LogP contribution in [0.2, 0.25) is 0 Å². The summed E-state index contributed by atoms with van der Waals surface area (Å²) in [6.07, 6.45) is 5.84. The first kappa shape index (κ1) is 8.40. The van der Waals surface area contributed by atoms with Gasteiger partial charge in [0.2, 0.25) is 0 Å². The molecule has 0 spiro atoms. The summed E-state index contributed by atoms with van der Waals surface area (Å²) in [6.45, 7) is 0. The van der Waals surface area contributed by atoms with Crippen molar-refractivity contribution in [2.75, 3.05) is 0 Å². The molecule has 1 aliphatic carbocycles. The van der Waals surface area contributed by atoms with Crippen molar-refractivity contribution >= 4 is 0 Å². The van der Waals surface area contributed by atoms with Crippen LogP contribution in [0.1, 0.15) is 19.3 Å². The minimum Gasteiger partial charge on any atom is -0.330 e. The molecule has 39 valence electrons. The molecule has 2 N–H and O–H groups in total. The maximum absolute atomic E-state index is 5.50. The van der Waals surface area contributed by atoms with Crippen LogP contribution in [0.25, 0.3) is 0 Å². The fourth-order valence-corrected chi connectivity index (χ4v) is 0.782. The average molecular weight is 311 g/mol. The van der Waals surface area contributed by atoms with Gasteiger partial charge in [-0.15, -0.1) is 0 Å². The van der Waals surface area contributed by atoms with Crippen LogP contribution in [-0.2, 0) is 0 Å². The van der Waals surface area contributed by atoms with Crippen LogP contribution in [0.4, 0.5) is 0 Å². The van der Waals surface area contributed by atoms with E-state index < -0.39 is 0 Å². The summed E-state index contributed by atoms with van der Waals surface area (Å²) in [7, 11) is 0. The summed E-state index contributed by atoms with van der Waals surface area (Å²) in [5, 5.41) is 0. The second kappa shape index (κ2) is 4.30. The zero-order chi connectivity index (χ0) is 4.41. The molecule has 0 heterocycles. The SMILES string of the molecule is NC1C[CH-]CC1.[Ac]. The normalized spacial score (nSPS) is 29.6. The van der Waals surface area contributed by atoms with Crippen molar-refractivity contribution in [2.45, 2.75) is 25.3 Å². The van der Waals surface area contributed by atoms with Crippen LogP contribution >= 0.6 is 0 Å². The molecule has 1 radical (unpaired) electrons. The summed E-state index contributed by atoms with van der Waals surface area (Å²) in [6, 6.07) is 0.491. The van der Waals surface area contributed by atoms with Gasteiger partial charge in [-0.05, 0) is 6.04 Å². The van der Waals surface area contributed by atoms with Crippen LogP contribution < -0.4 is 5.73 Å². The zero-order valence-electron chi connectivity index (χ0n) is 4.43. The molecule has 1 rings (SSSR count). The van der Waals surface area contributed by atoms with Gasteiger partial charge < -0.3 is 12.2 Å². The Morgan fingerprint density at radius 1 is 1.57 bits per heavy atom. The molecule has 1 atom stereocenters. The van der Waals surface area contributed by atoms with E-state index in [-0.39, 0.29) is 44.1 Å². The molecule has 1 unspecified atom stereocenters. The Kier molecular flexibility index (Phi) is 5.16. The van der Waals surface area contributed by atoms with Gasteiger partial charge in [-0.3, -0.25) is 0 Å². The van der Waals surface area contributed by atoms with Gasteiger partial charge in [0, 0.05) is 44.1 Å². The van der Waals surface area contributed by atoms with Crippen LogP contribution in [0.3, 0.4) is 0 Å². The number of hydrogen-bond donors (Lipinski definition) is 1. The smallest absolute Gasteiger partial charge is 0 e. The van der Waals surface area contributed by atoms with Gasteiger partial charge in [0.15, 0.2) is 0 Å². The summed E-state index contributed by atoms with van der Waals surface area (Å²) in [5.74, 6) is 0. The molecule has 0 bridgehead atoms. The van der Waals surface area contributed by atoms with E-state index in [1.165, 1.54) is 12.8 Å². The predicted molar refractivity (Wildman–Crippen MR) is 26.1 cm³/mol. The molecule has 2 heteroatoms. The minimum atomic E-state index is 0. The van der Waals surface area contributed by atoms with Gasteiger partial charge in [-0.1, -0.05) is 6.42 Å². The first-order valence-corrected chi connectivity index (χ1v) is 2.47. The average Bonchev–Trinajstić information content (AvgIpc) is 1.86. The molecule has 7 heavy (non-hydrogen) atoms. The summed E-state index contributed by atoms with van der Waals surface area (Å²) >= 11 is 0. The van der Waals surface area contributed by atoms with E-state index in [4.69, 9.17) is 5.73 Å². The summed E-state index contributed by atoms with van der Waals surface area (Å²) in [5.41, 5.74) is 5.50. The molecule has 0 saturated heterocycles. The van der Waals surface area contributed by atoms with Crippen LogP contribution in [0.15, 0.2) is 0 Å². The van der Waals surface area contributed by atoms with Crippen molar-refractivity contribution in [3.05, 3.63) is 6.42 Å². The molecule has 0 aromatic carbocycles. The molecule has 0 aromatic heterocycles. The fraction of sp³-hybridized carbons (Fsp3) is 0.800. The molecule has 0 aliphatic heterocycles. The third kappa shape index (κ3) is 3.06. The van der Waals surface area contributed by atoms with Gasteiger partial charge in [0.05, 0.1) is 0 Å². The molecule has 0 aromatic rings. The molecule has 1 saturated carbocycles. The van der Waals surface area contributed by atoms with Gasteiger partial charge in [0.1, 0.15) is 0 Å². The van der Waals surface area contributed by atoms with Crippen molar-refractivity contribution in [3.8, 4) is 0 Å². The van der Waals surface area contributed by atoms with Crippen LogP contribution in [-0.4, -0.2) is 6.04 Å². The van der Waals surface area contributed by atoms with E-state index >= 15 is 0 Å². The third-order valence-electron chi connectivity index (χ3n) is 1.21. The Morgan fingerprint density at radius 3 is 2.43 bits per heavy atom. The Bertz CT molecular complexity index is 41.3. The second-order valence-corrected chi connectivity index (χ2v) is 1.86. The minimum absolute atomic E-state index is 0. The quantitative estimate of drug-likeness (QED) is 0.655. The standard InChI is InChI=1S/C5H10N.Ac/c6-5-3-1-2-4-5;/h1,5H,2-4,6H2;/q-1;. The third-order valence-corrected chi connectivity index (χ3v) is 1.21. The number of nitrogens with two attached hydrogens (primary N) is 1. The van der Waals surface area contributed by atoms with Crippen LogP contribution in [0, 0.1) is 50.5 Å². The predicted octanol–water partition coefficient (Wildman–Crippen LogP) is 0.702. The Balaban J connectivity index is 0.000000360. The maximum atomic E-state index is 5.50. The second-order valence-electron chi connectivity index (χ2n) is 1.86. The van der Waals surface area contributed by atoms with Gasteiger partial charge in [-0.2, -0.15) is 12.8 Å². The van der Waals surface area contributed by atoms with Crippen molar-refractivity contribution in [1.82, 2.24) is 0 Å². The topological polar surface area (TPSA) is 26.0 Å². The zero-order valence-corrected chi connectivity index (χ0v) is 9.18. The molecule has 1 nitrogen and oxygen atoms in total. The first-order chi connectivity index (χ1) is 2.89.